The predicted molar refractivity (Wildman–Crippen MR) is 152 cm³/mol. The van der Waals surface area contributed by atoms with Crippen molar-refractivity contribution < 1.29 is 19.1 Å². The Kier molecular flexibility index (Phi) is 6.54. The van der Waals surface area contributed by atoms with Crippen LogP contribution in [0, 0.1) is 0 Å². The number of methoxy groups -OCH3 is 1. The van der Waals surface area contributed by atoms with E-state index in [9.17, 15) is 9.59 Å². The molecule has 1 unspecified atom stereocenters. The molecule has 192 valence electrons. The van der Waals surface area contributed by atoms with Crippen LogP contribution >= 0.6 is 15.9 Å². The summed E-state index contributed by atoms with van der Waals surface area (Å²) in [6.45, 7) is 1.89. The molecule has 0 bridgehead atoms. The van der Waals surface area contributed by atoms with Crippen LogP contribution < -0.4 is 15.0 Å². The Morgan fingerprint density at radius 3 is 2.71 bits per heavy atom. The number of nitrogens with zero attached hydrogens (tertiary/aromatic N) is 1. The number of benzene rings is 4. The van der Waals surface area contributed by atoms with E-state index >= 15 is 0 Å². The number of hydrogen-bond donors (Lipinski definition) is 1. The van der Waals surface area contributed by atoms with Crippen LogP contribution in [0.5, 0.6) is 5.75 Å². The van der Waals surface area contributed by atoms with Crippen LogP contribution in [-0.4, -0.2) is 32.1 Å². The molecule has 0 spiro atoms. The molecule has 0 radical (unpaired) electrons. The maximum Gasteiger partial charge on any atom is 0.376 e. The molecule has 4 aromatic carbocycles. The Morgan fingerprint density at radius 1 is 1.03 bits per heavy atom. The number of hydrogen-bond acceptors (Lipinski definition) is 6. The smallest absolute Gasteiger partial charge is 0.376 e. The lowest BCUT2D eigenvalue weighted by atomic mass is 9.84. The van der Waals surface area contributed by atoms with Crippen LogP contribution in [0.1, 0.15) is 39.4 Å². The topological polar surface area (TPSA) is 67.9 Å². The zero-order valence-corrected chi connectivity index (χ0v) is 22.5. The van der Waals surface area contributed by atoms with Crippen molar-refractivity contribution in [1.82, 2.24) is 0 Å². The minimum Gasteiger partial charge on any atom is -0.497 e. The Morgan fingerprint density at radius 2 is 1.84 bits per heavy atom. The fraction of sp³-hybridized carbons (Fsp3) is 0.226. The number of rotatable bonds is 7. The first-order valence-corrected chi connectivity index (χ1v) is 13.6. The second-order valence-corrected chi connectivity index (χ2v) is 10.6. The van der Waals surface area contributed by atoms with Gasteiger partial charge in [0.2, 0.25) is 0 Å². The standard InChI is InChI=1S/C31H27BrN2O4/c1-37-24-11-10-20-15-23(9-8-21(20)16-24)28(32)30(35)31(36)38-17-19-4-2-5-22(14-19)25-12-13-34-18-33-27-7-3-6-26(25)29(27)34/h2-11,14-16,25,28,33H,12-13,17-18H2,1H3/t25-,28?/m1/s1. The van der Waals surface area contributed by atoms with Gasteiger partial charge >= 0.3 is 5.97 Å². The van der Waals surface area contributed by atoms with Gasteiger partial charge in [0.1, 0.15) is 17.2 Å². The summed E-state index contributed by atoms with van der Waals surface area (Å²) in [6.07, 6.45) is 1.02. The lowest BCUT2D eigenvalue weighted by Crippen LogP contribution is -2.30. The number of alkyl halides is 1. The van der Waals surface area contributed by atoms with Crippen LogP contribution in [0.15, 0.2) is 78.9 Å². The van der Waals surface area contributed by atoms with Crippen LogP contribution in [-0.2, 0) is 20.9 Å². The van der Waals surface area contributed by atoms with Crippen molar-refractivity contribution in [2.75, 3.05) is 30.5 Å². The number of carbonyl (C=O) groups is 2. The molecule has 4 aromatic rings. The number of halogens is 1. The van der Waals surface area contributed by atoms with Crippen molar-refractivity contribution in [3.63, 3.8) is 0 Å². The number of fused-ring (bicyclic) bond motifs is 1. The molecule has 1 N–H and O–H groups in total. The highest BCUT2D eigenvalue weighted by atomic mass is 79.9. The van der Waals surface area contributed by atoms with E-state index in [1.165, 1.54) is 22.5 Å². The molecular weight excluding hydrogens is 544 g/mol. The number of anilines is 2. The van der Waals surface area contributed by atoms with Gasteiger partial charge in [-0.2, -0.15) is 0 Å². The van der Waals surface area contributed by atoms with Gasteiger partial charge in [-0.3, -0.25) is 4.79 Å². The number of ether oxygens (including phenoxy) is 2. The van der Waals surface area contributed by atoms with Crippen molar-refractivity contribution in [2.45, 2.75) is 23.8 Å². The van der Waals surface area contributed by atoms with Crippen molar-refractivity contribution in [3.8, 4) is 5.75 Å². The molecule has 2 heterocycles. The Hall–Kier alpha value is -3.84. The molecule has 2 aliphatic heterocycles. The molecule has 7 heteroatoms. The normalized spacial score (nSPS) is 16.5. The molecule has 2 atom stereocenters. The summed E-state index contributed by atoms with van der Waals surface area (Å²) in [5.41, 5.74) is 6.55. The quantitative estimate of drug-likeness (QED) is 0.159. The summed E-state index contributed by atoms with van der Waals surface area (Å²) in [5, 5.41) is 5.42. The van der Waals surface area contributed by atoms with Gasteiger partial charge in [-0.25, -0.2) is 4.79 Å². The SMILES string of the molecule is COc1ccc2cc(C(Br)C(=O)C(=O)OCc3cccc([C@H]4CCN5CNc6cccc4c65)c3)ccc2c1. The molecule has 2 aliphatic rings. The van der Waals surface area contributed by atoms with Crippen molar-refractivity contribution >= 4 is 49.8 Å². The van der Waals surface area contributed by atoms with Crippen LogP contribution in [0.4, 0.5) is 11.4 Å². The second-order valence-electron chi connectivity index (χ2n) is 9.70. The first-order chi connectivity index (χ1) is 18.5. The van der Waals surface area contributed by atoms with E-state index in [0.717, 1.165) is 41.7 Å². The third-order valence-electron chi connectivity index (χ3n) is 7.43. The maximum absolute atomic E-state index is 12.9. The molecule has 0 fully saturated rings. The van der Waals surface area contributed by atoms with Crippen molar-refractivity contribution in [1.29, 1.82) is 0 Å². The minimum absolute atomic E-state index is 0.0446. The zero-order chi connectivity index (χ0) is 26.2. The lowest BCUT2D eigenvalue weighted by molar-refractivity contribution is -0.154. The zero-order valence-electron chi connectivity index (χ0n) is 20.9. The van der Waals surface area contributed by atoms with Gasteiger partial charge in [-0.1, -0.05) is 70.5 Å². The fourth-order valence-corrected chi connectivity index (χ4v) is 5.95. The average Bonchev–Trinajstić information content (AvgIpc) is 3.39. The molecule has 6 nitrogen and oxygen atoms in total. The predicted octanol–water partition coefficient (Wildman–Crippen LogP) is 6.32. The fourth-order valence-electron chi connectivity index (χ4n) is 5.48. The van der Waals surface area contributed by atoms with E-state index in [1.807, 2.05) is 48.5 Å². The molecule has 38 heavy (non-hydrogen) atoms. The number of carbonyl (C=O) groups excluding carboxylic acids is 2. The van der Waals surface area contributed by atoms with Crippen LogP contribution in [0.25, 0.3) is 10.8 Å². The lowest BCUT2D eigenvalue weighted by Gasteiger charge is -2.32. The average molecular weight is 571 g/mol. The van der Waals surface area contributed by atoms with E-state index < -0.39 is 16.6 Å². The van der Waals surface area contributed by atoms with Gasteiger partial charge < -0.3 is 19.7 Å². The van der Waals surface area contributed by atoms with E-state index in [0.29, 0.717) is 5.56 Å². The van der Waals surface area contributed by atoms with Gasteiger partial charge in [0.15, 0.2) is 0 Å². The van der Waals surface area contributed by atoms with E-state index in [-0.39, 0.29) is 12.5 Å². The highest BCUT2D eigenvalue weighted by molar-refractivity contribution is 9.09. The summed E-state index contributed by atoms with van der Waals surface area (Å²) < 4.78 is 10.7. The highest BCUT2D eigenvalue weighted by Crippen LogP contribution is 2.45. The third kappa shape index (κ3) is 4.52. The Balaban J connectivity index is 1.13. The number of nitrogens with one attached hydrogen (secondary N) is 1. The Bertz CT molecular complexity index is 1550. The van der Waals surface area contributed by atoms with E-state index in [1.54, 1.807) is 7.11 Å². The summed E-state index contributed by atoms with van der Waals surface area (Å²) in [6, 6.07) is 25.9. The van der Waals surface area contributed by atoms with E-state index in [4.69, 9.17) is 9.47 Å². The molecule has 0 aliphatic carbocycles. The molecule has 0 saturated carbocycles. The second kappa shape index (κ2) is 10.1. The van der Waals surface area contributed by atoms with Gasteiger partial charge in [-0.05, 0) is 63.7 Å². The van der Waals surface area contributed by atoms with Crippen LogP contribution in [0.2, 0.25) is 0 Å². The third-order valence-corrected chi connectivity index (χ3v) is 8.37. The van der Waals surface area contributed by atoms with Gasteiger partial charge in [-0.15, -0.1) is 0 Å². The summed E-state index contributed by atoms with van der Waals surface area (Å²) in [7, 11) is 1.62. The summed E-state index contributed by atoms with van der Waals surface area (Å²) >= 11 is 3.40. The molecule has 0 amide bonds. The number of Topliss-reactive ketones (excluding diaryl/α,β-unsaturated/α-hetero) is 1. The molecule has 6 rings (SSSR count). The van der Waals surface area contributed by atoms with Gasteiger partial charge in [0.05, 0.1) is 25.2 Å². The summed E-state index contributed by atoms with van der Waals surface area (Å²) in [5.74, 6) is -0.446. The molecule has 0 aromatic heterocycles. The van der Waals surface area contributed by atoms with E-state index in [2.05, 4.69) is 56.5 Å². The molecular formula is C31H27BrN2O4. The first-order valence-electron chi connectivity index (χ1n) is 12.6. The Labute approximate surface area is 229 Å². The minimum atomic E-state index is -0.854. The monoisotopic (exact) mass is 570 g/mol. The van der Waals surface area contributed by atoms with Crippen molar-refractivity contribution in [2.24, 2.45) is 0 Å². The highest BCUT2D eigenvalue weighted by Gasteiger charge is 2.31. The maximum atomic E-state index is 12.9. The van der Waals surface area contributed by atoms with Crippen LogP contribution in [0.3, 0.4) is 0 Å². The molecule has 0 saturated heterocycles. The van der Waals surface area contributed by atoms with Gasteiger partial charge in [0.25, 0.3) is 5.78 Å². The largest absolute Gasteiger partial charge is 0.497 e. The number of esters is 1. The number of ketones is 1. The number of para-hydroxylation sites is 1. The summed E-state index contributed by atoms with van der Waals surface area (Å²) in [4.78, 5) is 27.2. The van der Waals surface area contributed by atoms with Gasteiger partial charge in [0, 0.05) is 12.5 Å². The first kappa shape index (κ1) is 24.5. The van der Waals surface area contributed by atoms with Crippen molar-refractivity contribution in [3.05, 3.63) is 101 Å².